The maximum absolute atomic E-state index is 13.0. The largest absolute Gasteiger partial charge is 0.490 e. The van der Waals surface area contributed by atoms with Gasteiger partial charge in [0, 0.05) is 18.0 Å². The van der Waals surface area contributed by atoms with Gasteiger partial charge in [0.25, 0.3) is 5.91 Å². The Morgan fingerprint density at radius 2 is 2.03 bits per heavy atom. The Balaban J connectivity index is 1.70. The molecule has 12 heteroatoms. The highest BCUT2D eigenvalue weighted by atomic mass is 35.5. The molecule has 176 valence electrons. The molecule has 3 rings (SSSR count). The highest BCUT2D eigenvalue weighted by molar-refractivity contribution is 6.32. The van der Waals surface area contributed by atoms with Crippen LogP contribution in [0.3, 0.4) is 0 Å². The van der Waals surface area contributed by atoms with Gasteiger partial charge < -0.3 is 14.8 Å². The van der Waals surface area contributed by atoms with Crippen LogP contribution in [0.1, 0.15) is 12.5 Å². The normalized spacial score (nSPS) is 10.7. The average Bonchev–Trinajstić information content (AvgIpc) is 2.80. The summed E-state index contributed by atoms with van der Waals surface area (Å²) < 4.78 is 24.1. The first-order valence-electron chi connectivity index (χ1n) is 9.90. The molecule has 2 N–H and O–H groups in total. The Bertz CT molecular complexity index is 1210. The van der Waals surface area contributed by atoms with Crippen LogP contribution in [0.4, 0.5) is 21.6 Å². The standard InChI is InChI=1S/C22H19ClFN5O5/c1-2-33-19-11-14(12-26-28-22-18(29(31)32)4-3-9-25-22)10-17(23)21(19)34-13-20(30)27-16-7-5-15(24)6-8-16/h3-12H,2,13H2,1H3,(H,25,28)(H,27,30)/b26-12-. The van der Waals surface area contributed by atoms with E-state index in [2.05, 4.69) is 20.8 Å². The van der Waals surface area contributed by atoms with Crippen LogP contribution < -0.4 is 20.2 Å². The van der Waals surface area contributed by atoms with Gasteiger partial charge in [-0.3, -0.25) is 20.3 Å². The number of nitro groups is 1. The molecule has 0 saturated carbocycles. The summed E-state index contributed by atoms with van der Waals surface area (Å²) in [6.45, 7) is 1.70. The number of rotatable bonds is 10. The molecular formula is C22H19ClFN5O5. The molecule has 0 saturated heterocycles. The van der Waals surface area contributed by atoms with Crippen molar-refractivity contribution < 1.29 is 23.6 Å². The fourth-order valence-corrected chi connectivity index (χ4v) is 3.01. The second-order valence-electron chi connectivity index (χ2n) is 6.60. The van der Waals surface area contributed by atoms with Crippen molar-refractivity contribution in [3.63, 3.8) is 0 Å². The predicted octanol–water partition coefficient (Wildman–Crippen LogP) is 4.64. The molecule has 0 fully saturated rings. The van der Waals surface area contributed by atoms with Gasteiger partial charge in [-0.1, -0.05) is 11.6 Å². The molecule has 1 heterocycles. The van der Waals surface area contributed by atoms with Gasteiger partial charge in [0.2, 0.25) is 5.82 Å². The van der Waals surface area contributed by atoms with E-state index in [1.165, 1.54) is 54.9 Å². The van der Waals surface area contributed by atoms with Crippen molar-refractivity contribution in [2.75, 3.05) is 24.0 Å². The van der Waals surface area contributed by atoms with E-state index in [0.29, 0.717) is 17.9 Å². The lowest BCUT2D eigenvalue weighted by atomic mass is 10.2. The third-order valence-corrected chi connectivity index (χ3v) is 4.46. The molecule has 0 radical (unpaired) electrons. The van der Waals surface area contributed by atoms with Crippen molar-refractivity contribution in [2.45, 2.75) is 6.92 Å². The number of nitrogens with one attached hydrogen (secondary N) is 2. The second kappa shape index (κ2) is 11.6. The van der Waals surface area contributed by atoms with E-state index in [-0.39, 0.29) is 34.6 Å². The number of carbonyl (C=O) groups is 1. The van der Waals surface area contributed by atoms with Crippen LogP contribution >= 0.6 is 11.6 Å². The highest BCUT2D eigenvalue weighted by Gasteiger charge is 2.15. The summed E-state index contributed by atoms with van der Waals surface area (Å²) in [7, 11) is 0. The first-order chi connectivity index (χ1) is 16.4. The molecule has 0 atom stereocenters. The molecule has 34 heavy (non-hydrogen) atoms. The van der Waals surface area contributed by atoms with E-state index >= 15 is 0 Å². The van der Waals surface area contributed by atoms with Crippen LogP contribution in [-0.2, 0) is 4.79 Å². The summed E-state index contributed by atoms with van der Waals surface area (Å²) in [6, 6.07) is 11.1. The van der Waals surface area contributed by atoms with Crippen molar-refractivity contribution in [3.05, 3.63) is 81.2 Å². The SMILES string of the molecule is CCOc1cc(/C=N\Nc2ncccc2[N+](=O)[O-])cc(Cl)c1OCC(=O)Nc1ccc(F)cc1. The number of hydrogen-bond acceptors (Lipinski definition) is 8. The number of ether oxygens (including phenoxy) is 2. The number of halogens is 2. The number of carbonyl (C=O) groups excluding carboxylic acids is 1. The van der Waals surface area contributed by atoms with Gasteiger partial charge in [-0.2, -0.15) is 5.10 Å². The summed E-state index contributed by atoms with van der Waals surface area (Å²) in [6.07, 6.45) is 2.77. The van der Waals surface area contributed by atoms with Gasteiger partial charge >= 0.3 is 5.69 Å². The Morgan fingerprint density at radius 3 is 2.74 bits per heavy atom. The lowest BCUT2D eigenvalue weighted by Gasteiger charge is -2.14. The molecule has 0 bridgehead atoms. The summed E-state index contributed by atoms with van der Waals surface area (Å²) in [5, 5.41) is 17.8. The Kier molecular flexibility index (Phi) is 8.30. The number of aromatic nitrogens is 1. The fourth-order valence-electron chi connectivity index (χ4n) is 2.73. The van der Waals surface area contributed by atoms with Crippen molar-refractivity contribution in [2.24, 2.45) is 5.10 Å². The van der Waals surface area contributed by atoms with Gasteiger partial charge in [-0.25, -0.2) is 9.37 Å². The molecule has 1 aromatic heterocycles. The van der Waals surface area contributed by atoms with Crippen molar-refractivity contribution in [1.29, 1.82) is 0 Å². The smallest absolute Gasteiger partial charge is 0.313 e. The van der Waals surface area contributed by atoms with Crippen molar-refractivity contribution in [3.8, 4) is 11.5 Å². The van der Waals surface area contributed by atoms with E-state index in [1.807, 2.05) is 0 Å². The number of hydrazone groups is 1. The summed E-state index contributed by atoms with van der Waals surface area (Å²) in [5.41, 5.74) is 3.21. The van der Waals surface area contributed by atoms with E-state index in [4.69, 9.17) is 21.1 Å². The van der Waals surface area contributed by atoms with Crippen molar-refractivity contribution >= 4 is 40.9 Å². The van der Waals surface area contributed by atoms with Crippen molar-refractivity contribution in [1.82, 2.24) is 4.98 Å². The van der Waals surface area contributed by atoms with Crippen LogP contribution in [0.15, 0.2) is 59.8 Å². The first kappa shape index (κ1) is 24.4. The third kappa shape index (κ3) is 6.62. The van der Waals surface area contributed by atoms with Crippen LogP contribution in [0.25, 0.3) is 0 Å². The maximum atomic E-state index is 13.0. The topological polar surface area (TPSA) is 128 Å². The number of anilines is 2. The summed E-state index contributed by atoms with van der Waals surface area (Å²) >= 11 is 6.33. The molecular weight excluding hydrogens is 469 g/mol. The fraction of sp³-hybridized carbons (Fsp3) is 0.136. The molecule has 1 amide bonds. The average molecular weight is 488 g/mol. The minimum atomic E-state index is -0.576. The summed E-state index contributed by atoms with van der Waals surface area (Å²) in [4.78, 5) is 26.5. The minimum absolute atomic E-state index is 0.0213. The molecule has 0 aliphatic heterocycles. The first-order valence-corrected chi connectivity index (χ1v) is 10.3. The van der Waals surface area contributed by atoms with Gasteiger partial charge in [-0.05, 0) is 55.0 Å². The van der Waals surface area contributed by atoms with Crippen LogP contribution in [-0.4, -0.2) is 35.2 Å². The molecule has 0 unspecified atom stereocenters. The van der Waals surface area contributed by atoms with E-state index < -0.39 is 16.6 Å². The monoisotopic (exact) mass is 487 g/mol. The molecule has 2 aromatic carbocycles. The molecule has 0 aliphatic carbocycles. The molecule has 0 aliphatic rings. The van der Waals surface area contributed by atoms with E-state index in [9.17, 15) is 19.3 Å². The van der Waals surface area contributed by atoms with E-state index in [1.54, 1.807) is 13.0 Å². The molecule has 0 spiro atoms. The van der Waals surface area contributed by atoms with Gasteiger partial charge in [-0.15, -0.1) is 0 Å². The lowest BCUT2D eigenvalue weighted by molar-refractivity contribution is -0.384. The number of benzene rings is 2. The summed E-state index contributed by atoms with van der Waals surface area (Å²) in [5.74, 6) is -0.485. The second-order valence-corrected chi connectivity index (χ2v) is 7.01. The number of nitrogens with zero attached hydrogens (tertiary/aromatic N) is 3. The third-order valence-electron chi connectivity index (χ3n) is 4.17. The quantitative estimate of drug-likeness (QED) is 0.242. The zero-order valence-corrected chi connectivity index (χ0v) is 18.6. The van der Waals surface area contributed by atoms with Crippen LogP contribution in [0, 0.1) is 15.9 Å². The molecule has 3 aromatic rings. The highest BCUT2D eigenvalue weighted by Crippen LogP contribution is 2.36. The van der Waals surface area contributed by atoms with E-state index in [0.717, 1.165) is 0 Å². The number of amides is 1. The van der Waals surface area contributed by atoms with Gasteiger partial charge in [0.05, 0.1) is 22.8 Å². The predicted molar refractivity (Wildman–Crippen MR) is 125 cm³/mol. The van der Waals surface area contributed by atoms with Gasteiger partial charge in [0.1, 0.15) is 5.82 Å². The Morgan fingerprint density at radius 1 is 1.26 bits per heavy atom. The number of hydrogen-bond donors (Lipinski definition) is 2. The minimum Gasteiger partial charge on any atom is -0.490 e. The Hall–Kier alpha value is -4.25. The maximum Gasteiger partial charge on any atom is 0.313 e. The van der Waals surface area contributed by atoms with Gasteiger partial charge in [0.15, 0.2) is 18.1 Å². The zero-order valence-electron chi connectivity index (χ0n) is 17.8. The Labute approximate surface area is 198 Å². The van der Waals surface area contributed by atoms with Crippen LogP contribution in [0.2, 0.25) is 5.02 Å². The molecule has 10 nitrogen and oxygen atoms in total. The zero-order chi connectivity index (χ0) is 24.5. The number of pyridine rings is 1. The van der Waals surface area contributed by atoms with Crippen LogP contribution in [0.5, 0.6) is 11.5 Å². The lowest BCUT2D eigenvalue weighted by Crippen LogP contribution is -2.20.